The van der Waals surface area contributed by atoms with Crippen LogP contribution in [0.1, 0.15) is 65.2 Å². The average molecular weight is 296 g/mol. The van der Waals surface area contributed by atoms with E-state index in [0.717, 1.165) is 51.1 Å². The molecule has 21 heavy (non-hydrogen) atoms. The molecule has 2 aliphatic rings. The van der Waals surface area contributed by atoms with Gasteiger partial charge in [0.2, 0.25) is 0 Å². The van der Waals surface area contributed by atoms with Crippen LogP contribution in [0.4, 0.5) is 0 Å². The highest BCUT2D eigenvalue weighted by molar-refractivity contribution is 5.49. The third kappa shape index (κ3) is 3.92. The number of carbonyl (C=O) groups excluding carboxylic acids is 2. The van der Waals surface area contributed by atoms with E-state index in [-0.39, 0.29) is 18.0 Å². The van der Waals surface area contributed by atoms with Crippen LogP contribution in [-0.2, 0) is 19.1 Å². The highest BCUT2D eigenvalue weighted by atomic mass is 16.8. The normalized spacial score (nSPS) is 30.4. The number of hydrogen-bond acceptors (Lipinski definition) is 4. The van der Waals surface area contributed by atoms with Gasteiger partial charge in [-0.3, -0.25) is 0 Å². The van der Waals surface area contributed by atoms with Crippen LogP contribution in [0.5, 0.6) is 0 Å². The molecule has 1 heterocycles. The van der Waals surface area contributed by atoms with Gasteiger partial charge in [0.15, 0.2) is 5.79 Å². The van der Waals surface area contributed by atoms with Crippen LogP contribution in [0.2, 0.25) is 0 Å². The smallest absolute Gasteiger partial charge is 0.169 e. The Morgan fingerprint density at radius 3 is 1.76 bits per heavy atom. The average Bonchev–Trinajstić information content (AvgIpc) is 3.10. The summed E-state index contributed by atoms with van der Waals surface area (Å²) in [7, 11) is 0. The Hall–Kier alpha value is -0.740. The molecule has 2 fully saturated rings. The lowest BCUT2D eigenvalue weighted by molar-refractivity contribution is -0.175. The Balaban J connectivity index is 2.05. The monoisotopic (exact) mass is 296 g/mol. The van der Waals surface area contributed by atoms with Crippen LogP contribution < -0.4 is 0 Å². The maximum Gasteiger partial charge on any atom is 0.169 e. The lowest BCUT2D eigenvalue weighted by Crippen LogP contribution is -2.34. The summed E-state index contributed by atoms with van der Waals surface area (Å²) < 4.78 is 12.7. The van der Waals surface area contributed by atoms with Gasteiger partial charge in [-0.15, -0.1) is 0 Å². The molecule has 0 aromatic rings. The Kier molecular flexibility index (Phi) is 5.94. The van der Waals surface area contributed by atoms with Crippen molar-refractivity contribution < 1.29 is 19.1 Å². The molecule has 1 aliphatic heterocycles. The van der Waals surface area contributed by atoms with Crippen LogP contribution in [0.3, 0.4) is 0 Å². The Bertz CT molecular complexity index is 321. The summed E-state index contributed by atoms with van der Waals surface area (Å²) in [5.41, 5.74) is 0. The predicted molar refractivity (Wildman–Crippen MR) is 79.9 cm³/mol. The first kappa shape index (κ1) is 16.6. The molecule has 1 spiro atoms. The number of aldehydes is 2. The van der Waals surface area contributed by atoms with Crippen molar-refractivity contribution in [1.29, 1.82) is 0 Å². The molecule has 0 aromatic heterocycles. The maximum absolute atomic E-state index is 10.6. The van der Waals surface area contributed by atoms with Gasteiger partial charge in [-0.05, 0) is 37.5 Å². The standard InChI is InChI=1S/C17H28O4/c1-13(7-5-11-18)15-16(14(2)8-6-12-19)21-17(20-15)9-3-4-10-17/h11-16H,3-10H2,1-2H3/t13-,14-,15-,16-/m0/s1. The zero-order chi connectivity index (χ0) is 15.3. The molecule has 4 nitrogen and oxygen atoms in total. The predicted octanol–water partition coefficient (Wildman–Crippen LogP) is 3.27. The van der Waals surface area contributed by atoms with Crippen molar-refractivity contribution in [3.8, 4) is 0 Å². The van der Waals surface area contributed by atoms with E-state index in [0.29, 0.717) is 24.7 Å². The van der Waals surface area contributed by atoms with Crippen molar-refractivity contribution in [3.63, 3.8) is 0 Å². The topological polar surface area (TPSA) is 52.6 Å². The van der Waals surface area contributed by atoms with Crippen molar-refractivity contribution in [3.05, 3.63) is 0 Å². The highest BCUT2D eigenvalue weighted by Crippen LogP contribution is 2.46. The van der Waals surface area contributed by atoms with Crippen LogP contribution >= 0.6 is 0 Å². The maximum atomic E-state index is 10.6. The molecular weight excluding hydrogens is 268 g/mol. The van der Waals surface area contributed by atoms with Crippen LogP contribution in [0.15, 0.2) is 0 Å². The highest BCUT2D eigenvalue weighted by Gasteiger charge is 2.51. The summed E-state index contributed by atoms with van der Waals surface area (Å²) in [5, 5.41) is 0. The van der Waals surface area contributed by atoms with Gasteiger partial charge in [-0.2, -0.15) is 0 Å². The first-order chi connectivity index (χ1) is 10.1. The van der Waals surface area contributed by atoms with E-state index in [1.807, 2.05) is 0 Å². The number of hydrogen-bond donors (Lipinski definition) is 0. The van der Waals surface area contributed by atoms with Gasteiger partial charge in [0.25, 0.3) is 0 Å². The molecule has 2 rings (SSSR count). The minimum atomic E-state index is -0.389. The SMILES string of the molecule is C[C@@H](CCC=O)[C@@H]1OC2(CCCC2)O[C@H]1[C@@H](C)CCC=O. The quantitative estimate of drug-likeness (QED) is 0.645. The molecule has 0 unspecified atom stereocenters. The first-order valence-corrected chi connectivity index (χ1v) is 8.35. The molecule has 0 radical (unpaired) electrons. The molecular formula is C17H28O4. The zero-order valence-corrected chi connectivity index (χ0v) is 13.3. The summed E-state index contributed by atoms with van der Waals surface area (Å²) in [5.74, 6) is 0.220. The van der Waals surface area contributed by atoms with E-state index < -0.39 is 0 Å². The molecule has 0 N–H and O–H groups in total. The second-order valence-corrected chi connectivity index (χ2v) is 6.73. The van der Waals surface area contributed by atoms with Gasteiger partial charge >= 0.3 is 0 Å². The summed E-state index contributed by atoms with van der Waals surface area (Å²) in [6.45, 7) is 4.29. The fourth-order valence-electron chi connectivity index (χ4n) is 3.68. The van der Waals surface area contributed by atoms with E-state index >= 15 is 0 Å². The van der Waals surface area contributed by atoms with Gasteiger partial charge in [-0.1, -0.05) is 13.8 Å². The Labute approximate surface area is 127 Å². The van der Waals surface area contributed by atoms with E-state index in [1.165, 1.54) is 0 Å². The van der Waals surface area contributed by atoms with Gasteiger partial charge in [0, 0.05) is 25.7 Å². The Morgan fingerprint density at radius 2 is 1.38 bits per heavy atom. The van der Waals surface area contributed by atoms with Crippen LogP contribution in [0, 0.1) is 11.8 Å². The summed E-state index contributed by atoms with van der Waals surface area (Å²) >= 11 is 0. The molecule has 0 amide bonds. The van der Waals surface area contributed by atoms with Crippen molar-refractivity contribution in [1.82, 2.24) is 0 Å². The Morgan fingerprint density at radius 1 is 0.952 bits per heavy atom. The van der Waals surface area contributed by atoms with Crippen molar-refractivity contribution in [2.75, 3.05) is 0 Å². The lowest BCUT2D eigenvalue weighted by atomic mass is 9.87. The fraction of sp³-hybridized carbons (Fsp3) is 0.882. The second kappa shape index (κ2) is 7.50. The zero-order valence-electron chi connectivity index (χ0n) is 13.3. The molecule has 1 saturated carbocycles. The van der Waals surface area contributed by atoms with Crippen LogP contribution in [0.25, 0.3) is 0 Å². The van der Waals surface area contributed by atoms with Crippen molar-refractivity contribution in [2.24, 2.45) is 11.8 Å². The van der Waals surface area contributed by atoms with Gasteiger partial charge in [0.1, 0.15) is 12.6 Å². The van der Waals surface area contributed by atoms with Crippen LogP contribution in [-0.4, -0.2) is 30.6 Å². The van der Waals surface area contributed by atoms with Crippen molar-refractivity contribution in [2.45, 2.75) is 83.2 Å². The summed E-state index contributed by atoms with van der Waals surface area (Å²) in [4.78, 5) is 21.2. The van der Waals surface area contributed by atoms with E-state index in [1.54, 1.807) is 0 Å². The number of ether oxygens (including phenoxy) is 2. The van der Waals surface area contributed by atoms with Gasteiger partial charge in [-0.25, -0.2) is 0 Å². The summed E-state index contributed by atoms with van der Waals surface area (Å²) in [6.07, 6.45) is 9.12. The van der Waals surface area contributed by atoms with E-state index in [2.05, 4.69) is 13.8 Å². The minimum Gasteiger partial charge on any atom is -0.344 e. The first-order valence-electron chi connectivity index (χ1n) is 8.35. The minimum absolute atomic E-state index is 0.0460. The fourth-order valence-corrected chi connectivity index (χ4v) is 3.68. The molecule has 4 atom stereocenters. The molecule has 1 saturated heterocycles. The van der Waals surface area contributed by atoms with Gasteiger partial charge < -0.3 is 19.1 Å². The van der Waals surface area contributed by atoms with Gasteiger partial charge in [0.05, 0.1) is 12.2 Å². The lowest BCUT2D eigenvalue weighted by Gasteiger charge is -2.26. The molecule has 120 valence electrons. The van der Waals surface area contributed by atoms with E-state index in [4.69, 9.17) is 9.47 Å². The van der Waals surface area contributed by atoms with E-state index in [9.17, 15) is 9.59 Å². The third-order valence-electron chi connectivity index (χ3n) is 4.99. The third-order valence-corrected chi connectivity index (χ3v) is 4.99. The molecule has 1 aliphatic carbocycles. The largest absolute Gasteiger partial charge is 0.344 e. The summed E-state index contributed by atoms with van der Waals surface area (Å²) in [6, 6.07) is 0. The van der Waals surface area contributed by atoms with Crippen molar-refractivity contribution >= 4 is 12.6 Å². The molecule has 0 bridgehead atoms. The number of rotatable bonds is 8. The number of carbonyl (C=O) groups is 2. The molecule has 4 heteroatoms. The second-order valence-electron chi connectivity index (χ2n) is 6.73. The molecule has 0 aromatic carbocycles.